The lowest BCUT2D eigenvalue weighted by Gasteiger charge is -2.38. The SMILES string of the molecule is CC1(C)C(c2ccc(F)cc2)=[N+]([O-])C2(CCCC/C2=N\O)N1O. The van der Waals surface area contributed by atoms with Gasteiger partial charge in [-0.25, -0.2) is 4.39 Å². The van der Waals surface area contributed by atoms with Gasteiger partial charge in [-0.05, 0) is 57.4 Å². The normalized spacial score (nSPS) is 29.7. The van der Waals surface area contributed by atoms with Crippen molar-refractivity contribution in [3.05, 3.63) is 40.9 Å². The Hall–Kier alpha value is -1.99. The molecule has 1 heterocycles. The highest BCUT2D eigenvalue weighted by Gasteiger charge is 2.65. The molecule has 1 unspecified atom stereocenters. The molecule has 6 nitrogen and oxygen atoms in total. The highest BCUT2D eigenvalue weighted by molar-refractivity contribution is 6.07. The van der Waals surface area contributed by atoms with Crippen molar-refractivity contribution in [2.75, 3.05) is 0 Å². The molecule has 0 aromatic heterocycles. The van der Waals surface area contributed by atoms with Gasteiger partial charge in [0, 0.05) is 12.0 Å². The lowest BCUT2D eigenvalue weighted by molar-refractivity contribution is -0.568. The van der Waals surface area contributed by atoms with Gasteiger partial charge in [0.2, 0.25) is 5.71 Å². The van der Waals surface area contributed by atoms with Crippen LogP contribution >= 0.6 is 0 Å². The third-order valence-corrected chi connectivity index (χ3v) is 4.89. The first-order chi connectivity index (χ1) is 10.9. The molecule has 7 heteroatoms. The maximum absolute atomic E-state index is 13.2. The van der Waals surface area contributed by atoms with Crippen LogP contribution in [0.25, 0.3) is 0 Å². The zero-order valence-corrected chi connectivity index (χ0v) is 13.2. The van der Waals surface area contributed by atoms with E-state index in [0.29, 0.717) is 24.1 Å². The summed E-state index contributed by atoms with van der Waals surface area (Å²) >= 11 is 0. The van der Waals surface area contributed by atoms with E-state index >= 15 is 0 Å². The second-order valence-electron chi connectivity index (χ2n) is 6.59. The van der Waals surface area contributed by atoms with Gasteiger partial charge in [0.25, 0.3) is 5.66 Å². The molecule has 1 aromatic rings. The molecule has 3 rings (SSSR count). The second-order valence-corrected chi connectivity index (χ2v) is 6.59. The minimum absolute atomic E-state index is 0.256. The Labute approximate surface area is 133 Å². The van der Waals surface area contributed by atoms with Crippen LogP contribution in [0.15, 0.2) is 29.4 Å². The Morgan fingerprint density at radius 3 is 2.52 bits per heavy atom. The summed E-state index contributed by atoms with van der Waals surface area (Å²) in [6, 6.07) is 5.59. The number of benzene rings is 1. The van der Waals surface area contributed by atoms with Crippen molar-refractivity contribution >= 4 is 11.4 Å². The maximum Gasteiger partial charge on any atom is 0.293 e. The summed E-state index contributed by atoms with van der Waals surface area (Å²) in [5.41, 5.74) is -1.30. The molecule has 0 saturated heterocycles. The van der Waals surface area contributed by atoms with Gasteiger partial charge in [0.1, 0.15) is 17.1 Å². The van der Waals surface area contributed by atoms with E-state index in [1.807, 2.05) is 0 Å². The highest BCUT2D eigenvalue weighted by atomic mass is 19.1. The first kappa shape index (κ1) is 15.9. The number of halogens is 1. The van der Waals surface area contributed by atoms with Crippen LogP contribution in [0.3, 0.4) is 0 Å². The van der Waals surface area contributed by atoms with E-state index in [0.717, 1.165) is 22.6 Å². The molecule has 1 aliphatic carbocycles. The van der Waals surface area contributed by atoms with Crippen molar-refractivity contribution < 1.29 is 19.5 Å². The quantitative estimate of drug-likeness (QED) is 0.361. The smallest absolute Gasteiger partial charge is 0.293 e. The maximum atomic E-state index is 13.2. The molecule has 2 N–H and O–H groups in total. The summed E-state index contributed by atoms with van der Waals surface area (Å²) in [7, 11) is 0. The van der Waals surface area contributed by atoms with Gasteiger partial charge in [-0.15, -0.1) is 5.06 Å². The number of oxime groups is 1. The fourth-order valence-electron chi connectivity index (χ4n) is 3.75. The molecule has 23 heavy (non-hydrogen) atoms. The number of hydrogen-bond acceptors (Lipinski definition) is 5. The molecule has 2 aliphatic rings. The largest absolute Gasteiger partial charge is 0.622 e. The molecule has 1 aromatic carbocycles. The third-order valence-electron chi connectivity index (χ3n) is 4.89. The van der Waals surface area contributed by atoms with Crippen LogP contribution in [0.5, 0.6) is 0 Å². The fourth-order valence-corrected chi connectivity index (χ4v) is 3.75. The van der Waals surface area contributed by atoms with Crippen molar-refractivity contribution in [2.24, 2.45) is 5.16 Å². The van der Waals surface area contributed by atoms with Gasteiger partial charge in [0.15, 0.2) is 0 Å². The Balaban J connectivity index is 2.22. The number of rotatable bonds is 1. The first-order valence-electron chi connectivity index (χ1n) is 7.67. The predicted molar refractivity (Wildman–Crippen MR) is 82.3 cm³/mol. The summed E-state index contributed by atoms with van der Waals surface area (Å²) in [6.45, 7) is 3.43. The van der Waals surface area contributed by atoms with Crippen molar-refractivity contribution in [3.63, 3.8) is 0 Å². The predicted octanol–water partition coefficient (Wildman–Crippen LogP) is 2.71. The Bertz CT molecular complexity index is 684. The Morgan fingerprint density at radius 1 is 1.26 bits per heavy atom. The van der Waals surface area contributed by atoms with Crippen molar-refractivity contribution in [1.29, 1.82) is 0 Å². The average molecular weight is 321 g/mol. The van der Waals surface area contributed by atoms with E-state index in [1.165, 1.54) is 24.3 Å². The summed E-state index contributed by atoms with van der Waals surface area (Å²) in [5, 5.41) is 37.6. The van der Waals surface area contributed by atoms with Crippen molar-refractivity contribution in [3.8, 4) is 0 Å². The molecule has 0 bridgehead atoms. The van der Waals surface area contributed by atoms with E-state index in [9.17, 15) is 20.0 Å². The molecule has 1 fully saturated rings. The van der Waals surface area contributed by atoms with Gasteiger partial charge in [-0.1, -0.05) is 5.16 Å². The van der Waals surface area contributed by atoms with Crippen molar-refractivity contribution in [1.82, 2.24) is 5.06 Å². The Morgan fingerprint density at radius 2 is 1.91 bits per heavy atom. The third kappa shape index (κ3) is 2.07. The lowest BCUT2D eigenvalue weighted by Crippen LogP contribution is -2.60. The van der Waals surface area contributed by atoms with E-state index in [4.69, 9.17) is 0 Å². The van der Waals surface area contributed by atoms with E-state index in [1.54, 1.807) is 13.8 Å². The van der Waals surface area contributed by atoms with Crippen LogP contribution in [-0.4, -0.2) is 42.8 Å². The van der Waals surface area contributed by atoms with Gasteiger partial charge in [0.05, 0.1) is 0 Å². The van der Waals surface area contributed by atoms with Gasteiger partial charge in [-0.3, -0.25) is 0 Å². The second kappa shape index (κ2) is 5.28. The molecule has 1 saturated carbocycles. The van der Waals surface area contributed by atoms with Gasteiger partial charge in [-0.2, -0.15) is 4.74 Å². The monoisotopic (exact) mass is 321 g/mol. The van der Waals surface area contributed by atoms with E-state index < -0.39 is 17.0 Å². The van der Waals surface area contributed by atoms with E-state index in [-0.39, 0.29) is 5.71 Å². The van der Waals surface area contributed by atoms with Crippen molar-refractivity contribution in [2.45, 2.75) is 50.7 Å². The van der Waals surface area contributed by atoms with E-state index in [2.05, 4.69) is 5.16 Å². The molecule has 124 valence electrons. The van der Waals surface area contributed by atoms with Gasteiger partial charge >= 0.3 is 0 Å². The summed E-state index contributed by atoms with van der Waals surface area (Å²) in [5.74, 6) is -0.395. The highest BCUT2D eigenvalue weighted by Crippen LogP contribution is 2.42. The molecule has 1 spiro atoms. The molecule has 0 amide bonds. The zero-order chi connectivity index (χ0) is 16.8. The summed E-state index contributed by atoms with van der Waals surface area (Å²) in [4.78, 5) is 0. The van der Waals surface area contributed by atoms with Crippen LogP contribution in [0.1, 0.15) is 45.1 Å². The van der Waals surface area contributed by atoms with Crippen LogP contribution in [-0.2, 0) is 0 Å². The lowest BCUT2D eigenvalue weighted by atomic mass is 9.86. The van der Waals surface area contributed by atoms with Crippen LogP contribution in [0.4, 0.5) is 4.39 Å². The molecular formula is C16H20FN3O3. The molecule has 1 atom stereocenters. The minimum atomic E-state index is -1.40. The topological polar surface area (TPSA) is 82.1 Å². The standard InChI is InChI=1S/C16H20FN3O3/c1-15(2)14(11-6-8-12(17)9-7-11)19(22)16(20(15)23)10-4-3-5-13(16)18-21/h6-9,21,23H,3-5,10H2,1-2H3/b18-13+. The Kier molecular flexibility index (Phi) is 3.65. The van der Waals surface area contributed by atoms with Gasteiger partial charge < -0.3 is 15.6 Å². The van der Waals surface area contributed by atoms with Crippen LogP contribution in [0, 0.1) is 11.0 Å². The van der Waals surface area contributed by atoms with Crippen LogP contribution in [0.2, 0.25) is 0 Å². The summed E-state index contributed by atoms with van der Waals surface area (Å²) in [6.07, 6.45) is 2.34. The summed E-state index contributed by atoms with van der Waals surface area (Å²) < 4.78 is 13.9. The number of hydroxylamine groups is 3. The fraction of sp³-hybridized carbons (Fsp3) is 0.500. The minimum Gasteiger partial charge on any atom is -0.622 e. The molecular weight excluding hydrogens is 301 g/mol. The molecule has 1 aliphatic heterocycles. The van der Waals surface area contributed by atoms with Crippen LogP contribution < -0.4 is 0 Å². The molecule has 0 radical (unpaired) electrons. The zero-order valence-electron chi connectivity index (χ0n) is 13.2. The number of hydrogen-bond donors (Lipinski definition) is 2. The first-order valence-corrected chi connectivity index (χ1v) is 7.67. The number of nitrogens with zero attached hydrogens (tertiary/aromatic N) is 3. The average Bonchev–Trinajstić information content (AvgIpc) is 2.68.